The van der Waals surface area contributed by atoms with Crippen molar-refractivity contribution in [3.63, 3.8) is 0 Å². The minimum absolute atomic E-state index is 0.0504. The van der Waals surface area contributed by atoms with Crippen molar-refractivity contribution in [3.05, 3.63) is 33.9 Å². The van der Waals surface area contributed by atoms with Crippen LogP contribution in [0.1, 0.15) is 36.0 Å². The fraction of sp³-hybridized carbons (Fsp3) is 0.533. The molecule has 0 heterocycles. The minimum Gasteiger partial charge on any atom is -0.383 e. The van der Waals surface area contributed by atoms with Crippen LogP contribution in [-0.4, -0.2) is 35.4 Å². The number of hydrogen-bond acceptors (Lipinski definition) is 4. The lowest BCUT2D eigenvalue weighted by Crippen LogP contribution is -2.34. The third-order valence-electron chi connectivity index (χ3n) is 4.11. The van der Waals surface area contributed by atoms with Crippen LogP contribution < -0.4 is 5.32 Å². The molecule has 0 aromatic heterocycles. The second-order valence-electron chi connectivity index (χ2n) is 5.87. The van der Waals surface area contributed by atoms with Crippen molar-refractivity contribution in [1.29, 1.82) is 0 Å². The number of carbonyl (C=O) groups is 1. The van der Waals surface area contributed by atoms with E-state index in [1.165, 1.54) is 18.9 Å². The van der Waals surface area contributed by atoms with Gasteiger partial charge in [-0.3, -0.25) is 14.9 Å². The van der Waals surface area contributed by atoms with Crippen molar-refractivity contribution in [1.82, 2.24) is 4.90 Å². The van der Waals surface area contributed by atoms with E-state index in [1.54, 1.807) is 19.2 Å². The van der Waals surface area contributed by atoms with Gasteiger partial charge in [0.05, 0.1) is 4.92 Å². The van der Waals surface area contributed by atoms with E-state index in [9.17, 15) is 14.9 Å². The number of nitro benzene ring substituents is 1. The molecule has 0 bridgehead atoms. The number of nitrogens with one attached hydrogen (secondary N) is 1. The summed E-state index contributed by atoms with van der Waals surface area (Å²) >= 11 is 0. The highest BCUT2D eigenvalue weighted by Gasteiger charge is 2.37. The highest BCUT2D eigenvalue weighted by molar-refractivity contribution is 5.96. The molecule has 0 atom stereocenters. The molecular formula is C15H19N3O3. The van der Waals surface area contributed by atoms with Gasteiger partial charge in [-0.2, -0.15) is 0 Å². The van der Waals surface area contributed by atoms with Crippen LogP contribution in [0, 0.1) is 16.0 Å². The number of amides is 1. The van der Waals surface area contributed by atoms with E-state index in [0.717, 1.165) is 19.4 Å². The summed E-state index contributed by atoms with van der Waals surface area (Å²) in [5, 5.41) is 13.9. The Morgan fingerprint density at radius 3 is 2.62 bits per heavy atom. The van der Waals surface area contributed by atoms with Gasteiger partial charge in [-0.05, 0) is 43.7 Å². The lowest BCUT2D eigenvalue weighted by molar-refractivity contribution is -0.384. The summed E-state index contributed by atoms with van der Waals surface area (Å²) in [6, 6.07) is 4.99. The van der Waals surface area contributed by atoms with Crippen molar-refractivity contribution in [3.8, 4) is 0 Å². The molecule has 1 aromatic carbocycles. The molecule has 112 valence electrons. The smallest absolute Gasteiger partial charge is 0.293 e. The number of nitrogens with zero attached hydrogens (tertiary/aromatic N) is 2. The van der Waals surface area contributed by atoms with Gasteiger partial charge in [0.15, 0.2) is 0 Å². The third-order valence-corrected chi connectivity index (χ3v) is 4.11. The molecule has 1 aromatic rings. The minimum atomic E-state index is -0.453. The Kier molecular flexibility index (Phi) is 3.53. The van der Waals surface area contributed by atoms with Crippen molar-refractivity contribution in [2.45, 2.75) is 31.7 Å². The first-order valence-electron chi connectivity index (χ1n) is 7.37. The molecule has 0 spiro atoms. The lowest BCUT2D eigenvalue weighted by Gasteiger charge is -2.22. The maximum Gasteiger partial charge on any atom is 0.293 e. The van der Waals surface area contributed by atoms with Crippen LogP contribution in [0.2, 0.25) is 0 Å². The quantitative estimate of drug-likeness (QED) is 0.645. The van der Waals surface area contributed by atoms with Crippen molar-refractivity contribution >= 4 is 17.3 Å². The van der Waals surface area contributed by atoms with Gasteiger partial charge in [-0.15, -0.1) is 0 Å². The molecule has 2 aliphatic rings. The number of benzene rings is 1. The average Bonchev–Trinajstić information content (AvgIpc) is 3.36. The van der Waals surface area contributed by atoms with E-state index >= 15 is 0 Å². The number of hydrogen-bond donors (Lipinski definition) is 1. The Morgan fingerprint density at radius 2 is 2.10 bits per heavy atom. The van der Waals surface area contributed by atoms with Gasteiger partial charge in [0, 0.05) is 31.3 Å². The van der Waals surface area contributed by atoms with Crippen LogP contribution in [0.4, 0.5) is 11.4 Å². The highest BCUT2D eigenvalue weighted by Crippen LogP contribution is 2.36. The summed E-state index contributed by atoms with van der Waals surface area (Å²) in [6.45, 7) is 0.797. The van der Waals surface area contributed by atoms with Gasteiger partial charge in [0.25, 0.3) is 11.6 Å². The Bertz CT molecular complexity index is 580. The highest BCUT2D eigenvalue weighted by atomic mass is 16.6. The number of rotatable bonds is 6. The van der Waals surface area contributed by atoms with E-state index < -0.39 is 4.92 Å². The van der Waals surface area contributed by atoms with Gasteiger partial charge in [-0.1, -0.05) is 0 Å². The average molecular weight is 289 g/mol. The standard InChI is InChI=1S/C15H19N3O3/c1-16-13-7-4-11(8-14(13)18(20)21)15(19)17(12-5-6-12)9-10-2-3-10/h4,7-8,10,12,16H,2-3,5-6,9H2,1H3. The maximum atomic E-state index is 12.6. The van der Waals surface area contributed by atoms with Gasteiger partial charge in [-0.25, -0.2) is 0 Å². The summed E-state index contributed by atoms with van der Waals surface area (Å²) in [7, 11) is 1.63. The Balaban J connectivity index is 1.85. The molecule has 2 fully saturated rings. The zero-order valence-corrected chi connectivity index (χ0v) is 12.0. The van der Waals surface area contributed by atoms with E-state index in [1.807, 2.05) is 4.90 Å². The monoisotopic (exact) mass is 289 g/mol. The predicted molar refractivity (Wildman–Crippen MR) is 79.4 cm³/mol. The van der Waals surface area contributed by atoms with Crippen LogP contribution in [0.3, 0.4) is 0 Å². The zero-order chi connectivity index (χ0) is 15.0. The second-order valence-corrected chi connectivity index (χ2v) is 5.87. The van der Waals surface area contributed by atoms with Gasteiger partial charge >= 0.3 is 0 Å². The third kappa shape index (κ3) is 2.99. The topological polar surface area (TPSA) is 75.5 Å². The predicted octanol–water partition coefficient (Wildman–Crippen LogP) is 2.65. The molecule has 0 unspecified atom stereocenters. The molecule has 2 aliphatic carbocycles. The molecule has 3 rings (SSSR count). The van der Waals surface area contributed by atoms with Crippen LogP contribution in [0.25, 0.3) is 0 Å². The van der Waals surface area contributed by atoms with E-state index in [2.05, 4.69) is 5.32 Å². The second kappa shape index (κ2) is 5.35. The molecule has 2 saturated carbocycles. The molecule has 0 aliphatic heterocycles. The summed E-state index contributed by atoms with van der Waals surface area (Å²) in [5.74, 6) is 0.552. The number of carbonyl (C=O) groups excluding carboxylic acids is 1. The summed E-state index contributed by atoms with van der Waals surface area (Å²) < 4.78 is 0. The molecule has 0 saturated heterocycles. The Labute approximate surface area is 123 Å². The van der Waals surface area contributed by atoms with Gasteiger partial charge in [0.1, 0.15) is 5.69 Å². The first-order chi connectivity index (χ1) is 10.1. The molecular weight excluding hydrogens is 270 g/mol. The van der Waals surface area contributed by atoms with Crippen LogP contribution in [0.15, 0.2) is 18.2 Å². The Hall–Kier alpha value is -2.11. The van der Waals surface area contributed by atoms with Gasteiger partial charge < -0.3 is 10.2 Å². The van der Waals surface area contributed by atoms with Gasteiger partial charge in [0.2, 0.25) is 0 Å². The first-order valence-corrected chi connectivity index (χ1v) is 7.37. The first kappa shape index (κ1) is 13.9. The summed E-state index contributed by atoms with van der Waals surface area (Å²) in [5.41, 5.74) is 0.787. The molecule has 6 nitrogen and oxygen atoms in total. The van der Waals surface area contributed by atoms with Crippen LogP contribution in [-0.2, 0) is 0 Å². The number of nitro groups is 1. The van der Waals surface area contributed by atoms with Crippen molar-refractivity contribution in [2.75, 3.05) is 18.9 Å². The normalized spacial score (nSPS) is 17.4. The zero-order valence-electron chi connectivity index (χ0n) is 12.0. The fourth-order valence-electron chi connectivity index (χ4n) is 2.56. The van der Waals surface area contributed by atoms with Crippen molar-refractivity contribution in [2.24, 2.45) is 5.92 Å². The van der Waals surface area contributed by atoms with Crippen molar-refractivity contribution < 1.29 is 9.72 Å². The number of anilines is 1. The molecule has 0 radical (unpaired) electrons. The lowest BCUT2D eigenvalue weighted by atomic mass is 10.1. The molecule has 21 heavy (non-hydrogen) atoms. The Morgan fingerprint density at radius 1 is 1.38 bits per heavy atom. The van der Waals surface area contributed by atoms with E-state index in [0.29, 0.717) is 23.2 Å². The molecule has 1 amide bonds. The van der Waals surface area contributed by atoms with Crippen LogP contribution in [0.5, 0.6) is 0 Å². The van der Waals surface area contributed by atoms with E-state index in [-0.39, 0.29) is 11.6 Å². The maximum absolute atomic E-state index is 12.6. The fourth-order valence-corrected chi connectivity index (χ4v) is 2.56. The summed E-state index contributed by atoms with van der Waals surface area (Å²) in [4.78, 5) is 25.2. The SMILES string of the molecule is CNc1ccc(C(=O)N(CC2CC2)C2CC2)cc1[N+](=O)[O-]. The summed E-state index contributed by atoms with van der Waals surface area (Å²) in [6.07, 6.45) is 4.48. The molecule has 1 N–H and O–H groups in total. The van der Waals surface area contributed by atoms with E-state index in [4.69, 9.17) is 0 Å². The van der Waals surface area contributed by atoms with Crippen LogP contribution >= 0.6 is 0 Å². The largest absolute Gasteiger partial charge is 0.383 e. The molecule has 6 heteroatoms.